The zero-order chi connectivity index (χ0) is 13.8. The summed E-state index contributed by atoms with van der Waals surface area (Å²) in [6, 6.07) is 16.9. The van der Waals surface area contributed by atoms with E-state index in [1.165, 1.54) is 21.9 Å². The smallest absolute Gasteiger partial charge is 0.0346 e. The Hall–Kier alpha value is -1.71. The van der Waals surface area contributed by atoms with Gasteiger partial charge in [-0.3, -0.25) is 4.98 Å². The summed E-state index contributed by atoms with van der Waals surface area (Å²) in [7, 11) is 0. The number of hydrogen-bond acceptors (Lipinski definition) is 2. The SMILES string of the molecule is Brc1cccc(CNCc2ccc3cnccc3c2)c1. The van der Waals surface area contributed by atoms with Gasteiger partial charge in [-0.15, -0.1) is 0 Å². The molecular weight excluding hydrogens is 312 g/mol. The lowest BCUT2D eigenvalue weighted by atomic mass is 10.1. The fourth-order valence-electron chi connectivity index (χ4n) is 2.24. The van der Waals surface area contributed by atoms with Crippen LogP contribution in [0.1, 0.15) is 11.1 Å². The molecule has 0 spiro atoms. The second-order valence-electron chi connectivity index (χ2n) is 4.79. The van der Waals surface area contributed by atoms with Crippen LogP contribution in [0.2, 0.25) is 0 Å². The zero-order valence-corrected chi connectivity index (χ0v) is 12.6. The number of hydrogen-bond donors (Lipinski definition) is 1. The van der Waals surface area contributed by atoms with Crippen molar-refractivity contribution in [3.63, 3.8) is 0 Å². The lowest BCUT2D eigenvalue weighted by molar-refractivity contribution is 0.694. The first-order valence-electron chi connectivity index (χ1n) is 6.59. The highest BCUT2D eigenvalue weighted by molar-refractivity contribution is 9.10. The summed E-state index contributed by atoms with van der Waals surface area (Å²) in [5, 5.41) is 5.89. The summed E-state index contributed by atoms with van der Waals surface area (Å²) in [5.41, 5.74) is 2.57. The van der Waals surface area contributed by atoms with Gasteiger partial charge in [0.15, 0.2) is 0 Å². The molecule has 100 valence electrons. The molecule has 1 heterocycles. The van der Waals surface area contributed by atoms with Crippen molar-refractivity contribution in [2.24, 2.45) is 0 Å². The van der Waals surface area contributed by atoms with E-state index in [1.807, 2.05) is 24.5 Å². The van der Waals surface area contributed by atoms with Crippen molar-refractivity contribution in [1.82, 2.24) is 10.3 Å². The first-order valence-corrected chi connectivity index (χ1v) is 7.38. The third-order valence-electron chi connectivity index (χ3n) is 3.25. The summed E-state index contributed by atoms with van der Waals surface area (Å²) >= 11 is 3.49. The van der Waals surface area contributed by atoms with Gasteiger partial charge in [0, 0.05) is 35.3 Å². The van der Waals surface area contributed by atoms with E-state index in [-0.39, 0.29) is 0 Å². The van der Waals surface area contributed by atoms with Crippen molar-refractivity contribution in [1.29, 1.82) is 0 Å². The second kappa shape index (κ2) is 6.16. The van der Waals surface area contributed by atoms with Crippen LogP contribution in [0.15, 0.2) is 65.4 Å². The van der Waals surface area contributed by atoms with Crippen LogP contribution in [0.3, 0.4) is 0 Å². The van der Waals surface area contributed by atoms with E-state index in [0.29, 0.717) is 0 Å². The zero-order valence-electron chi connectivity index (χ0n) is 11.0. The van der Waals surface area contributed by atoms with Crippen LogP contribution in [0.4, 0.5) is 0 Å². The van der Waals surface area contributed by atoms with Gasteiger partial charge >= 0.3 is 0 Å². The molecule has 3 aromatic rings. The van der Waals surface area contributed by atoms with Crippen LogP contribution >= 0.6 is 15.9 Å². The summed E-state index contributed by atoms with van der Waals surface area (Å²) in [6.07, 6.45) is 3.73. The van der Waals surface area contributed by atoms with Gasteiger partial charge in [-0.1, -0.05) is 40.2 Å². The van der Waals surface area contributed by atoms with Crippen molar-refractivity contribution < 1.29 is 0 Å². The number of nitrogens with one attached hydrogen (secondary N) is 1. The minimum atomic E-state index is 0.866. The summed E-state index contributed by atoms with van der Waals surface area (Å²) < 4.78 is 1.12. The molecule has 0 bridgehead atoms. The third-order valence-corrected chi connectivity index (χ3v) is 3.75. The molecule has 20 heavy (non-hydrogen) atoms. The van der Waals surface area contributed by atoms with E-state index in [2.05, 4.69) is 62.6 Å². The Labute approximate surface area is 127 Å². The summed E-state index contributed by atoms with van der Waals surface area (Å²) in [4.78, 5) is 4.13. The van der Waals surface area contributed by atoms with E-state index in [4.69, 9.17) is 0 Å². The highest BCUT2D eigenvalue weighted by atomic mass is 79.9. The highest BCUT2D eigenvalue weighted by Crippen LogP contribution is 2.15. The largest absolute Gasteiger partial charge is 0.309 e. The van der Waals surface area contributed by atoms with E-state index in [0.717, 1.165) is 17.6 Å². The van der Waals surface area contributed by atoms with Gasteiger partial charge in [-0.05, 0) is 40.8 Å². The fourth-order valence-corrected chi connectivity index (χ4v) is 2.69. The first-order chi connectivity index (χ1) is 9.81. The Morgan fingerprint density at radius 2 is 1.75 bits per heavy atom. The molecule has 0 unspecified atom stereocenters. The Balaban J connectivity index is 1.65. The number of benzene rings is 2. The Kier molecular flexibility index (Phi) is 4.09. The number of fused-ring (bicyclic) bond motifs is 1. The molecule has 0 saturated heterocycles. The van der Waals surface area contributed by atoms with Crippen molar-refractivity contribution in [2.45, 2.75) is 13.1 Å². The van der Waals surface area contributed by atoms with E-state index in [9.17, 15) is 0 Å². The molecular formula is C17H15BrN2. The molecule has 1 N–H and O–H groups in total. The van der Waals surface area contributed by atoms with Gasteiger partial charge in [0.1, 0.15) is 0 Å². The Morgan fingerprint density at radius 1 is 0.900 bits per heavy atom. The first kappa shape index (κ1) is 13.3. The average Bonchev–Trinajstić information content (AvgIpc) is 2.47. The minimum absolute atomic E-state index is 0.866. The number of halogens is 1. The van der Waals surface area contributed by atoms with Crippen LogP contribution in [0.5, 0.6) is 0 Å². The van der Waals surface area contributed by atoms with Gasteiger partial charge in [0.05, 0.1) is 0 Å². The van der Waals surface area contributed by atoms with Gasteiger partial charge in [0.2, 0.25) is 0 Å². The Bertz CT molecular complexity index is 725. The maximum atomic E-state index is 4.13. The standard InChI is InChI=1S/C17H15BrN2/c18-17-3-1-2-13(9-17)10-20-11-14-4-5-16-12-19-7-6-15(16)8-14/h1-9,12,20H,10-11H2. The molecule has 2 nitrogen and oxygen atoms in total. The van der Waals surface area contributed by atoms with Crippen LogP contribution in [0.25, 0.3) is 10.8 Å². The van der Waals surface area contributed by atoms with Gasteiger partial charge in [-0.2, -0.15) is 0 Å². The normalized spacial score (nSPS) is 10.8. The summed E-state index contributed by atoms with van der Waals surface area (Å²) in [5.74, 6) is 0. The molecule has 0 radical (unpaired) electrons. The minimum Gasteiger partial charge on any atom is -0.309 e. The number of nitrogens with zero attached hydrogens (tertiary/aromatic N) is 1. The van der Waals surface area contributed by atoms with Gasteiger partial charge in [-0.25, -0.2) is 0 Å². The van der Waals surface area contributed by atoms with Crippen molar-refractivity contribution in [3.05, 3.63) is 76.5 Å². The quantitative estimate of drug-likeness (QED) is 0.773. The van der Waals surface area contributed by atoms with Crippen molar-refractivity contribution in [2.75, 3.05) is 0 Å². The highest BCUT2D eigenvalue weighted by Gasteiger charge is 1.98. The van der Waals surface area contributed by atoms with Gasteiger partial charge < -0.3 is 5.32 Å². The predicted molar refractivity (Wildman–Crippen MR) is 86.4 cm³/mol. The maximum absolute atomic E-state index is 4.13. The molecule has 0 saturated carbocycles. The lowest BCUT2D eigenvalue weighted by Gasteiger charge is -2.07. The number of pyridine rings is 1. The fraction of sp³-hybridized carbons (Fsp3) is 0.118. The van der Waals surface area contributed by atoms with Gasteiger partial charge in [0.25, 0.3) is 0 Å². The summed E-state index contributed by atoms with van der Waals surface area (Å²) in [6.45, 7) is 1.73. The molecule has 2 aromatic carbocycles. The van der Waals surface area contributed by atoms with Crippen LogP contribution in [-0.4, -0.2) is 4.98 Å². The van der Waals surface area contributed by atoms with E-state index < -0.39 is 0 Å². The van der Waals surface area contributed by atoms with E-state index in [1.54, 1.807) is 0 Å². The van der Waals surface area contributed by atoms with Crippen molar-refractivity contribution >= 4 is 26.7 Å². The average molecular weight is 327 g/mol. The molecule has 0 atom stereocenters. The predicted octanol–water partition coefficient (Wildman–Crippen LogP) is 4.29. The molecule has 0 amide bonds. The molecule has 3 heteroatoms. The molecule has 0 fully saturated rings. The number of aromatic nitrogens is 1. The van der Waals surface area contributed by atoms with Crippen molar-refractivity contribution in [3.8, 4) is 0 Å². The van der Waals surface area contributed by atoms with Crippen LogP contribution in [-0.2, 0) is 13.1 Å². The monoisotopic (exact) mass is 326 g/mol. The maximum Gasteiger partial charge on any atom is 0.0346 e. The number of rotatable bonds is 4. The van der Waals surface area contributed by atoms with Crippen LogP contribution in [0, 0.1) is 0 Å². The molecule has 0 aliphatic rings. The molecule has 1 aromatic heterocycles. The van der Waals surface area contributed by atoms with Crippen LogP contribution < -0.4 is 5.32 Å². The van der Waals surface area contributed by atoms with E-state index >= 15 is 0 Å². The molecule has 3 rings (SSSR count). The lowest BCUT2D eigenvalue weighted by Crippen LogP contribution is -2.12. The topological polar surface area (TPSA) is 24.9 Å². The second-order valence-corrected chi connectivity index (χ2v) is 5.71. The third kappa shape index (κ3) is 3.24. The molecule has 0 aliphatic heterocycles. The Morgan fingerprint density at radius 3 is 2.60 bits per heavy atom. The molecule has 0 aliphatic carbocycles.